The Morgan fingerprint density at radius 2 is 2.04 bits per heavy atom. The quantitative estimate of drug-likeness (QED) is 0.920. The molecule has 1 aromatic heterocycles. The number of carbonyl (C=O) groups excluding carboxylic acids is 1. The third-order valence-corrected chi connectivity index (χ3v) is 3.62. The number of rotatable bonds is 5. The second-order valence-electron chi connectivity index (χ2n) is 5.40. The van der Waals surface area contributed by atoms with E-state index in [1.54, 1.807) is 18.2 Å². The van der Waals surface area contributed by atoms with Crippen LogP contribution in [0.25, 0.3) is 0 Å². The molecule has 2 heterocycles. The number of carbonyl (C=O) groups is 1. The highest BCUT2D eigenvalue weighted by molar-refractivity contribution is 5.73. The highest BCUT2D eigenvalue weighted by atomic mass is 16.6. The fourth-order valence-corrected chi connectivity index (χ4v) is 2.40. The lowest BCUT2D eigenvalue weighted by Crippen LogP contribution is -2.37. The fourth-order valence-electron chi connectivity index (χ4n) is 2.40. The van der Waals surface area contributed by atoms with Gasteiger partial charge in [-0.15, -0.1) is 0 Å². The van der Waals surface area contributed by atoms with Gasteiger partial charge in [0.25, 0.3) is 0 Å². The topological polar surface area (TPSA) is 63.9 Å². The van der Waals surface area contributed by atoms with E-state index in [9.17, 15) is 4.79 Å². The molecular weight excluding hydrogens is 296 g/mol. The number of benzene rings is 1. The van der Waals surface area contributed by atoms with E-state index in [-0.39, 0.29) is 6.03 Å². The van der Waals surface area contributed by atoms with Gasteiger partial charge >= 0.3 is 6.03 Å². The first-order chi connectivity index (χ1) is 11.2. The summed E-state index contributed by atoms with van der Waals surface area (Å²) in [6.07, 6.45) is 2.33. The van der Waals surface area contributed by atoms with E-state index in [0.717, 1.165) is 29.2 Å². The molecule has 1 aliphatic heterocycles. The van der Waals surface area contributed by atoms with Crippen LogP contribution in [0.1, 0.15) is 11.3 Å². The van der Waals surface area contributed by atoms with Crippen molar-refractivity contribution < 1.29 is 18.7 Å². The van der Waals surface area contributed by atoms with Gasteiger partial charge in [0.1, 0.15) is 19.0 Å². The molecule has 0 unspecified atom stereocenters. The largest absolute Gasteiger partial charge is 0.486 e. The summed E-state index contributed by atoms with van der Waals surface area (Å²) in [5.41, 5.74) is 1.10. The summed E-state index contributed by atoms with van der Waals surface area (Å²) < 4.78 is 16.3. The van der Waals surface area contributed by atoms with Crippen molar-refractivity contribution in [3.63, 3.8) is 0 Å². The van der Waals surface area contributed by atoms with Crippen LogP contribution in [0.3, 0.4) is 0 Å². The molecule has 3 rings (SSSR count). The van der Waals surface area contributed by atoms with Crippen molar-refractivity contribution in [1.82, 2.24) is 10.2 Å². The van der Waals surface area contributed by atoms with Crippen LogP contribution in [0.2, 0.25) is 0 Å². The molecule has 0 spiro atoms. The van der Waals surface area contributed by atoms with Gasteiger partial charge in [-0.3, -0.25) is 0 Å². The molecule has 1 N–H and O–H groups in total. The number of urea groups is 1. The van der Waals surface area contributed by atoms with Crippen molar-refractivity contribution in [2.75, 3.05) is 26.8 Å². The number of nitrogens with zero attached hydrogens (tertiary/aromatic N) is 1. The van der Waals surface area contributed by atoms with Gasteiger partial charge in [0.2, 0.25) is 0 Å². The Morgan fingerprint density at radius 1 is 1.22 bits per heavy atom. The summed E-state index contributed by atoms with van der Waals surface area (Å²) in [4.78, 5) is 13.6. The highest BCUT2D eigenvalue weighted by Crippen LogP contribution is 2.30. The van der Waals surface area contributed by atoms with Crippen molar-refractivity contribution in [3.8, 4) is 11.5 Å². The summed E-state index contributed by atoms with van der Waals surface area (Å²) in [6.45, 7) is 2.17. The third kappa shape index (κ3) is 3.97. The van der Waals surface area contributed by atoms with Crippen LogP contribution in [0, 0.1) is 0 Å². The van der Waals surface area contributed by atoms with Crippen molar-refractivity contribution >= 4 is 6.03 Å². The molecule has 6 nitrogen and oxygen atoms in total. The van der Waals surface area contributed by atoms with Gasteiger partial charge in [-0.2, -0.15) is 0 Å². The molecule has 0 radical (unpaired) electrons. The van der Waals surface area contributed by atoms with E-state index in [4.69, 9.17) is 13.9 Å². The zero-order chi connectivity index (χ0) is 16.1. The van der Waals surface area contributed by atoms with Crippen LogP contribution in [-0.4, -0.2) is 37.7 Å². The number of amides is 2. The molecule has 1 aromatic carbocycles. The van der Waals surface area contributed by atoms with E-state index in [1.807, 2.05) is 30.3 Å². The van der Waals surface area contributed by atoms with E-state index < -0.39 is 0 Å². The predicted octanol–water partition coefficient (Wildman–Crippen LogP) is 2.43. The molecular formula is C17H20N2O4. The van der Waals surface area contributed by atoms with Gasteiger partial charge in [-0.1, -0.05) is 6.07 Å². The van der Waals surface area contributed by atoms with Crippen LogP contribution in [0.5, 0.6) is 11.5 Å². The van der Waals surface area contributed by atoms with Crippen molar-refractivity contribution in [2.24, 2.45) is 0 Å². The molecule has 0 fully saturated rings. The maximum Gasteiger partial charge on any atom is 0.317 e. The molecule has 1 aliphatic rings. The SMILES string of the molecule is CN(Cc1ccco1)C(=O)NCCc1ccc2c(c1)OCCO2. The number of hydrogen-bond donors (Lipinski definition) is 1. The Kier molecular flexibility index (Phi) is 4.71. The van der Waals surface area contributed by atoms with Gasteiger partial charge in [0.05, 0.1) is 12.8 Å². The average molecular weight is 316 g/mol. The fraction of sp³-hybridized carbons (Fsp3) is 0.353. The Labute approximate surface area is 135 Å². The smallest absolute Gasteiger partial charge is 0.317 e. The number of furan rings is 1. The highest BCUT2D eigenvalue weighted by Gasteiger charge is 2.12. The van der Waals surface area contributed by atoms with Gasteiger partial charge in [-0.25, -0.2) is 4.79 Å². The molecule has 0 aliphatic carbocycles. The lowest BCUT2D eigenvalue weighted by Gasteiger charge is -2.19. The second kappa shape index (κ2) is 7.09. The van der Waals surface area contributed by atoms with Crippen molar-refractivity contribution in [3.05, 3.63) is 47.9 Å². The van der Waals surface area contributed by atoms with Crippen LogP contribution in [0.4, 0.5) is 4.79 Å². The lowest BCUT2D eigenvalue weighted by atomic mass is 10.1. The lowest BCUT2D eigenvalue weighted by molar-refractivity contribution is 0.171. The first kappa shape index (κ1) is 15.3. The Bertz CT molecular complexity index is 655. The monoisotopic (exact) mass is 316 g/mol. The molecule has 0 saturated heterocycles. The van der Waals surface area contributed by atoms with E-state index in [2.05, 4.69) is 5.32 Å². The van der Waals surface area contributed by atoms with E-state index >= 15 is 0 Å². The molecule has 6 heteroatoms. The molecule has 0 saturated carbocycles. The standard InChI is InChI=1S/C17H20N2O4/c1-19(12-14-3-2-8-21-14)17(20)18-7-6-13-4-5-15-16(11-13)23-10-9-22-15/h2-5,8,11H,6-7,9-10,12H2,1H3,(H,18,20). The van der Waals surface area contributed by atoms with Crippen LogP contribution in [-0.2, 0) is 13.0 Å². The molecule has 122 valence electrons. The van der Waals surface area contributed by atoms with Gasteiger partial charge in [-0.05, 0) is 36.2 Å². The van der Waals surface area contributed by atoms with Crippen LogP contribution in [0.15, 0.2) is 41.0 Å². The first-order valence-electron chi connectivity index (χ1n) is 7.62. The summed E-state index contributed by atoms with van der Waals surface area (Å²) in [5, 5.41) is 2.90. The van der Waals surface area contributed by atoms with Gasteiger partial charge < -0.3 is 24.1 Å². The normalized spacial score (nSPS) is 12.7. The predicted molar refractivity (Wildman–Crippen MR) is 84.7 cm³/mol. The maximum atomic E-state index is 12.0. The summed E-state index contributed by atoms with van der Waals surface area (Å²) in [6, 6.07) is 9.40. The molecule has 2 aromatic rings. The number of fused-ring (bicyclic) bond motifs is 1. The summed E-state index contributed by atoms with van der Waals surface area (Å²) in [5.74, 6) is 2.31. The number of ether oxygens (including phenoxy) is 2. The first-order valence-corrected chi connectivity index (χ1v) is 7.62. The third-order valence-electron chi connectivity index (χ3n) is 3.62. The average Bonchev–Trinajstić information content (AvgIpc) is 3.07. The number of nitrogens with one attached hydrogen (secondary N) is 1. The van der Waals surface area contributed by atoms with Crippen LogP contribution < -0.4 is 14.8 Å². The molecule has 23 heavy (non-hydrogen) atoms. The van der Waals surface area contributed by atoms with Crippen LogP contribution >= 0.6 is 0 Å². The van der Waals surface area contributed by atoms with E-state index in [1.165, 1.54) is 0 Å². The minimum absolute atomic E-state index is 0.126. The maximum absolute atomic E-state index is 12.0. The summed E-state index contributed by atoms with van der Waals surface area (Å²) >= 11 is 0. The van der Waals surface area contributed by atoms with E-state index in [0.29, 0.717) is 26.3 Å². The second-order valence-corrected chi connectivity index (χ2v) is 5.40. The Morgan fingerprint density at radius 3 is 2.83 bits per heavy atom. The van der Waals surface area contributed by atoms with Gasteiger partial charge in [0.15, 0.2) is 11.5 Å². The van der Waals surface area contributed by atoms with Crippen molar-refractivity contribution in [1.29, 1.82) is 0 Å². The van der Waals surface area contributed by atoms with Crippen molar-refractivity contribution in [2.45, 2.75) is 13.0 Å². The molecule has 0 atom stereocenters. The Hall–Kier alpha value is -2.63. The molecule has 0 bridgehead atoms. The summed E-state index contributed by atoms with van der Waals surface area (Å²) in [7, 11) is 1.74. The molecule has 2 amide bonds. The zero-order valence-electron chi connectivity index (χ0n) is 13.1. The zero-order valence-corrected chi connectivity index (χ0v) is 13.1. The Balaban J connectivity index is 1.46. The minimum atomic E-state index is -0.126. The minimum Gasteiger partial charge on any atom is -0.486 e. The van der Waals surface area contributed by atoms with Gasteiger partial charge in [0, 0.05) is 13.6 Å². The number of hydrogen-bond acceptors (Lipinski definition) is 4.